The van der Waals surface area contributed by atoms with E-state index >= 15 is 0 Å². The molecule has 1 fully saturated rings. The van der Waals surface area contributed by atoms with E-state index in [4.69, 9.17) is 7.48 Å². The molecule has 0 amide bonds. The van der Waals surface area contributed by atoms with Crippen LogP contribution in [0.1, 0.15) is 31.2 Å². The number of aromatic nitrogens is 3. The topological polar surface area (TPSA) is 59.9 Å². The molecule has 2 aromatic heterocycles. The minimum Gasteiger partial charge on any atom is -0.380 e. The highest BCUT2D eigenvalue weighted by molar-refractivity contribution is 5.94. The van der Waals surface area contributed by atoms with E-state index in [9.17, 15) is 0 Å². The van der Waals surface area contributed by atoms with Crippen LogP contribution in [0.5, 0.6) is 0 Å². The summed E-state index contributed by atoms with van der Waals surface area (Å²) in [6, 6.07) is 19.3. The second kappa shape index (κ2) is 7.60. The lowest BCUT2D eigenvalue weighted by atomic mass is 9.97. The van der Waals surface area contributed by atoms with E-state index in [1.165, 1.54) is 5.56 Å². The third-order valence-electron chi connectivity index (χ3n) is 5.11. The van der Waals surface area contributed by atoms with Crippen LogP contribution >= 0.6 is 0 Å². The molecule has 0 atom stereocenters. The average molecular weight is 384 g/mol. The van der Waals surface area contributed by atoms with Crippen molar-refractivity contribution in [2.45, 2.75) is 19.2 Å². The quantitative estimate of drug-likeness (QED) is 0.536. The van der Waals surface area contributed by atoms with Gasteiger partial charge in [-0.1, -0.05) is 36.4 Å². The maximum atomic E-state index is 8.79. The Kier molecular flexibility index (Phi) is 4.09. The summed E-state index contributed by atoms with van der Waals surface area (Å²) in [5, 5.41) is 13.6. The molecule has 0 saturated carbocycles. The summed E-state index contributed by atoms with van der Waals surface area (Å²) in [4.78, 5) is 4.18. The van der Waals surface area contributed by atoms with Crippen LogP contribution in [0.25, 0.3) is 10.8 Å². The Bertz CT molecular complexity index is 1260. The van der Waals surface area contributed by atoms with E-state index in [0.29, 0.717) is 23.0 Å². The molecule has 1 aliphatic heterocycles. The van der Waals surface area contributed by atoms with Gasteiger partial charge in [-0.2, -0.15) is 5.10 Å². The molecule has 5 rings (SSSR count). The lowest BCUT2D eigenvalue weighted by molar-refractivity contribution is 0.00845. The molecule has 0 radical (unpaired) electrons. The molecule has 4 aromatic rings. The fraction of sp³-hybridized carbons (Fsp3) is 0.208. The highest BCUT2D eigenvalue weighted by Gasteiger charge is 2.20. The SMILES string of the molecule is [2H]C([2H])(c1ccnc(C)c1)c1nnc(Nc2cccc(C3COC3)c2)c2ccccc12. The standard InChI is InChI=1S/C24H22N4O/c1-16-11-17(9-10-25-16)12-23-21-7-2-3-8-22(21)24(28-27-23)26-20-6-4-5-18(13-20)19-14-29-15-19/h2-11,13,19H,12,14-15H2,1H3,(H,26,28)/i12D2. The monoisotopic (exact) mass is 384 g/mol. The Labute approximate surface area is 172 Å². The molecule has 1 saturated heterocycles. The van der Waals surface area contributed by atoms with E-state index in [0.717, 1.165) is 35.4 Å². The molecule has 5 heteroatoms. The zero-order valence-electron chi connectivity index (χ0n) is 18.1. The van der Waals surface area contributed by atoms with Crippen LogP contribution in [0.3, 0.4) is 0 Å². The van der Waals surface area contributed by atoms with Gasteiger partial charge in [0.15, 0.2) is 5.82 Å². The molecule has 0 unspecified atom stereocenters. The van der Waals surface area contributed by atoms with Crippen LogP contribution < -0.4 is 5.32 Å². The van der Waals surface area contributed by atoms with Crippen molar-refractivity contribution >= 4 is 22.3 Å². The zero-order chi connectivity index (χ0) is 21.4. The molecule has 1 aliphatic rings. The molecule has 0 spiro atoms. The van der Waals surface area contributed by atoms with Crippen molar-refractivity contribution in [1.29, 1.82) is 0 Å². The van der Waals surface area contributed by atoms with Gasteiger partial charge in [-0.3, -0.25) is 4.98 Å². The van der Waals surface area contributed by atoms with E-state index in [1.807, 2.05) is 43.3 Å². The second-order valence-corrected chi connectivity index (χ2v) is 7.24. The molecule has 1 N–H and O–H groups in total. The Morgan fingerprint density at radius 1 is 1.03 bits per heavy atom. The number of nitrogens with zero attached hydrogens (tertiary/aromatic N) is 3. The molecule has 144 valence electrons. The Morgan fingerprint density at radius 2 is 1.90 bits per heavy atom. The smallest absolute Gasteiger partial charge is 0.160 e. The van der Waals surface area contributed by atoms with Crippen LogP contribution in [0, 0.1) is 6.92 Å². The van der Waals surface area contributed by atoms with Crippen LogP contribution in [-0.4, -0.2) is 28.4 Å². The largest absolute Gasteiger partial charge is 0.380 e. The van der Waals surface area contributed by atoms with Gasteiger partial charge in [0.05, 0.1) is 18.9 Å². The number of hydrogen-bond acceptors (Lipinski definition) is 5. The fourth-order valence-electron chi connectivity index (χ4n) is 3.48. The van der Waals surface area contributed by atoms with E-state index in [1.54, 1.807) is 18.3 Å². The van der Waals surface area contributed by atoms with Crippen molar-refractivity contribution in [3.8, 4) is 0 Å². The maximum absolute atomic E-state index is 8.79. The number of pyridine rings is 1. The van der Waals surface area contributed by atoms with Gasteiger partial charge in [0.1, 0.15) is 0 Å². The number of ether oxygens (including phenoxy) is 1. The predicted molar refractivity (Wildman–Crippen MR) is 115 cm³/mol. The highest BCUT2D eigenvalue weighted by atomic mass is 16.5. The van der Waals surface area contributed by atoms with Gasteiger partial charge in [0.25, 0.3) is 0 Å². The maximum Gasteiger partial charge on any atom is 0.160 e. The molecule has 2 aromatic carbocycles. The first kappa shape index (κ1) is 15.6. The number of aryl methyl sites for hydroxylation is 1. The summed E-state index contributed by atoms with van der Waals surface area (Å²) in [6.07, 6.45) is -0.183. The number of nitrogens with one attached hydrogen (secondary N) is 1. The van der Waals surface area contributed by atoms with Crippen LogP contribution in [0.4, 0.5) is 11.5 Å². The first-order valence-corrected chi connectivity index (χ1v) is 9.66. The van der Waals surface area contributed by atoms with Gasteiger partial charge in [0, 0.05) is 43.4 Å². The first-order chi connectivity index (χ1) is 15.0. The lowest BCUT2D eigenvalue weighted by Gasteiger charge is -2.26. The number of anilines is 2. The summed E-state index contributed by atoms with van der Waals surface area (Å²) >= 11 is 0. The van der Waals surface area contributed by atoms with Gasteiger partial charge in [-0.05, 0) is 42.3 Å². The number of rotatable bonds is 5. The van der Waals surface area contributed by atoms with Crippen molar-refractivity contribution in [2.75, 3.05) is 18.5 Å². The van der Waals surface area contributed by atoms with Crippen molar-refractivity contribution in [3.05, 3.63) is 89.4 Å². The molecule has 3 heterocycles. The zero-order valence-corrected chi connectivity index (χ0v) is 16.1. The molecule has 0 aliphatic carbocycles. The van der Waals surface area contributed by atoms with E-state index in [-0.39, 0.29) is 0 Å². The summed E-state index contributed by atoms with van der Waals surface area (Å²) in [6.45, 7) is 3.36. The summed E-state index contributed by atoms with van der Waals surface area (Å²) in [7, 11) is 0. The van der Waals surface area contributed by atoms with Crippen LogP contribution in [-0.2, 0) is 11.1 Å². The number of fused-ring (bicyclic) bond motifs is 1. The van der Waals surface area contributed by atoms with Crippen molar-refractivity contribution in [3.63, 3.8) is 0 Å². The van der Waals surface area contributed by atoms with Gasteiger partial charge < -0.3 is 10.1 Å². The molecular weight excluding hydrogens is 360 g/mol. The first-order valence-electron chi connectivity index (χ1n) is 10.7. The number of hydrogen-bond donors (Lipinski definition) is 1. The minimum atomic E-state index is -1.80. The third-order valence-corrected chi connectivity index (χ3v) is 5.11. The fourth-order valence-corrected chi connectivity index (χ4v) is 3.48. The van der Waals surface area contributed by atoms with Crippen LogP contribution in [0.15, 0.2) is 66.9 Å². The van der Waals surface area contributed by atoms with Crippen LogP contribution in [0.2, 0.25) is 0 Å². The summed E-state index contributed by atoms with van der Waals surface area (Å²) < 4.78 is 22.9. The molecule has 5 nitrogen and oxygen atoms in total. The van der Waals surface area contributed by atoms with Gasteiger partial charge in [-0.25, -0.2) is 0 Å². The Morgan fingerprint density at radius 3 is 2.69 bits per heavy atom. The lowest BCUT2D eigenvalue weighted by Crippen LogP contribution is -2.24. The van der Waals surface area contributed by atoms with Crippen molar-refractivity contribution in [1.82, 2.24) is 15.2 Å². The predicted octanol–water partition coefficient (Wildman–Crippen LogP) is 4.78. The minimum absolute atomic E-state index is 0.291. The average Bonchev–Trinajstić information content (AvgIpc) is 2.73. The van der Waals surface area contributed by atoms with Gasteiger partial charge in [0.2, 0.25) is 0 Å². The third kappa shape index (κ3) is 3.69. The van der Waals surface area contributed by atoms with Gasteiger partial charge >= 0.3 is 0 Å². The summed E-state index contributed by atoms with van der Waals surface area (Å²) in [5.74, 6) is 1.03. The second-order valence-electron chi connectivity index (χ2n) is 7.24. The Hall–Kier alpha value is -3.31. The highest BCUT2D eigenvalue weighted by Crippen LogP contribution is 2.30. The number of benzene rings is 2. The van der Waals surface area contributed by atoms with Gasteiger partial charge in [-0.15, -0.1) is 5.10 Å². The molecular formula is C24H22N4O. The van der Waals surface area contributed by atoms with Crippen molar-refractivity contribution < 1.29 is 7.48 Å². The van der Waals surface area contributed by atoms with E-state index in [2.05, 4.69) is 32.6 Å². The van der Waals surface area contributed by atoms with Crippen molar-refractivity contribution in [2.24, 2.45) is 0 Å². The van der Waals surface area contributed by atoms with E-state index < -0.39 is 6.37 Å². The summed E-state index contributed by atoms with van der Waals surface area (Å²) in [5.41, 5.74) is 3.71. The molecule has 29 heavy (non-hydrogen) atoms. The molecule has 0 bridgehead atoms. The normalized spacial score (nSPS) is 15.5. The Balaban J connectivity index is 1.55.